The average Bonchev–Trinajstić information content (AvgIpc) is 2.51. The number of benzene rings is 2. The van der Waals surface area contributed by atoms with Crippen molar-refractivity contribution in [2.24, 2.45) is 0 Å². The third-order valence-electron chi connectivity index (χ3n) is 3.87. The van der Waals surface area contributed by atoms with Crippen molar-refractivity contribution in [1.82, 2.24) is 0 Å². The Morgan fingerprint density at radius 2 is 1.73 bits per heavy atom. The van der Waals surface area contributed by atoms with Crippen LogP contribution in [0.25, 0.3) is 0 Å². The number of Topliss-reactive ketones (excluding diaryl/α,β-unsaturated/α-hetero) is 1. The molecule has 0 heterocycles. The summed E-state index contributed by atoms with van der Waals surface area (Å²) < 4.78 is 24.5. The van der Waals surface area contributed by atoms with E-state index >= 15 is 0 Å². The zero-order valence-corrected chi connectivity index (χ0v) is 16.4. The number of hydrogen-bond acceptors (Lipinski definition) is 2. The summed E-state index contributed by atoms with van der Waals surface area (Å²) in [5.74, 6) is -1.05. The minimum Gasteiger partial charge on any atom is -0.324 e. The highest BCUT2D eigenvalue weighted by Crippen LogP contribution is 2.36. The van der Waals surface area contributed by atoms with Gasteiger partial charge in [-0.15, -0.1) is 0 Å². The Labute approximate surface area is 161 Å². The predicted octanol–water partition coefficient (Wildman–Crippen LogP) is 5.04. The van der Waals surface area contributed by atoms with Crippen LogP contribution in [0.2, 0.25) is 10.0 Å². The molecule has 0 unspecified atom stereocenters. The van der Waals surface area contributed by atoms with Gasteiger partial charge in [-0.05, 0) is 47.4 Å². The number of carbonyl (C=O) groups excluding carboxylic acids is 1. The van der Waals surface area contributed by atoms with Gasteiger partial charge in [0.05, 0.1) is 0 Å². The van der Waals surface area contributed by atoms with Crippen molar-refractivity contribution in [3.63, 3.8) is 0 Å². The fourth-order valence-electron chi connectivity index (χ4n) is 2.67. The second-order valence-corrected chi connectivity index (χ2v) is 8.46. The summed E-state index contributed by atoms with van der Waals surface area (Å²) in [6.45, 7) is 2.00. The van der Waals surface area contributed by atoms with Gasteiger partial charge in [0.25, 0.3) is 0 Å². The highest BCUT2D eigenvalue weighted by molar-refractivity contribution is 7.52. The molecule has 0 bridgehead atoms. The Morgan fingerprint density at radius 3 is 2.27 bits per heavy atom. The van der Waals surface area contributed by atoms with Gasteiger partial charge < -0.3 is 9.79 Å². The Balaban J connectivity index is 2.35. The second kappa shape index (κ2) is 8.64. The van der Waals surface area contributed by atoms with Gasteiger partial charge in [-0.25, -0.2) is 4.39 Å². The lowest BCUT2D eigenvalue weighted by molar-refractivity contribution is 0.101. The SMILES string of the molecule is CCCc1cc(F)ccc1Cc1c(Cl)cc(C(=O)CP(=O)(O)O)cc1Cl. The molecule has 0 saturated heterocycles. The lowest BCUT2D eigenvalue weighted by Gasteiger charge is -2.13. The third-order valence-corrected chi connectivity index (χ3v) is 5.24. The number of carbonyl (C=O) groups is 1. The van der Waals surface area contributed by atoms with E-state index < -0.39 is 19.5 Å². The van der Waals surface area contributed by atoms with Gasteiger partial charge in [-0.1, -0.05) is 42.6 Å². The van der Waals surface area contributed by atoms with Crippen LogP contribution in [0.5, 0.6) is 0 Å². The maximum Gasteiger partial charge on any atom is 0.333 e. The molecule has 0 radical (unpaired) electrons. The first-order valence-corrected chi connectivity index (χ1v) is 10.5. The van der Waals surface area contributed by atoms with Gasteiger partial charge in [0.2, 0.25) is 0 Å². The van der Waals surface area contributed by atoms with E-state index in [2.05, 4.69) is 0 Å². The number of hydrogen-bond donors (Lipinski definition) is 2. The molecule has 8 heteroatoms. The van der Waals surface area contributed by atoms with Crippen LogP contribution in [-0.2, 0) is 17.4 Å². The molecule has 0 spiro atoms. The van der Waals surface area contributed by atoms with E-state index in [1.165, 1.54) is 24.3 Å². The van der Waals surface area contributed by atoms with E-state index in [4.69, 9.17) is 33.0 Å². The second-order valence-electron chi connectivity index (χ2n) is 6.00. The average molecular weight is 419 g/mol. The summed E-state index contributed by atoms with van der Waals surface area (Å²) in [7, 11) is -4.47. The fourth-order valence-corrected chi connectivity index (χ4v) is 3.85. The van der Waals surface area contributed by atoms with Crippen molar-refractivity contribution < 1.29 is 23.5 Å². The molecule has 0 aliphatic heterocycles. The van der Waals surface area contributed by atoms with Gasteiger partial charge in [-0.2, -0.15) is 0 Å². The first-order chi connectivity index (χ1) is 12.1. The van der Waals surface area contributed by atoms with E-state index in [1.54, 1.807) is 6.07 Å². The van der Waals surface area contributed by atoms with Crippen LogP contribution in [0.15, 0.2) is 30.3 Å². The first kappa shape index (κ1) is 21.1. The minimum atomic E-state index is -4.47. The van der Waals surface area contributed by atoms with Crippen molar-refractivity contribution in [3.05, 3.63) is 68.4 Å². The van der Waals surface area contributed by atoms with Gasteiger partial charge in [0.1, 0.15) is 12.0 Å². The first-order valence-electron chi connectivity index (χ1n) is 7.93. The minimum absolute atomic E-state index is 0.0416. The molecule has 2 aromatic rings. The van der Waals surface area contributed by atoms with Gasteiger partial charge in [0.15, 0.2) is 5.78 Å². The molecule has 4 nitrogen and oxygen atoms in total. The van der Waals surface area contributed by atoms with Crippen molar-refractivity contribution in [3.8, 4) is 0 Å². The molecule has 2 N–H and O–H groups in total. The fraction of sp³-hybridized carbons (Fsp3) is 0.278. The zero-order chi connectivity index (χ0) is 19.5. The van der Waals surface area contributed by atoms with Crippen LogP contribution >= 0.6 is 30.8 Å². The number of aryl methyl sites for hydroxylation is 1. The molecule has 0 saturated carbocycles. The largest absolute Gasteiger partial charge is 0.333 e. The number of ketones is 1. The standard InChI is InChI=1S/C18H18Cl2FO4P/c1-2-3-11-6-14(21)5-4-12(11)7-15-16(19)8-13(9-17(15)20)18(22)10-26(23,24)25/h4-6,8-9H,2-3,7,10H2,1H3,(H2,23,24,25). The van der Waals surface area contributed by atoms with Gasteiger partial charge in [-0.3, -0.25) is 9.36 Å². The van der Waals surface area contributed by atoms with E-state index in [0.29, 0.717) is 18.4 Å². The van der Waals surface area contributed by atoms with E-state index in [1.807, 2.05) is 6.92 Å². The summed E-state index contributed by atoms with van der Waals surface area (Å²) in [5.41, 5.74) is 2.36. The molecule has 0 aliphatic rings. The van der Waals surface area contributed by atoms with Crippen LogP contribution in [0.1, 0.15) is 40.4 Å². The molecular formula is C18H18Cl2FO4P. The molecule has 140 valence electrons. The van der Waals surface area contributed by atoms with Crippen LogP contribution in [0.4, 0.5) is 4.39 Å². The molecular weight excluding hydrogens is 401 g/mol. The van der Waals surface area contributed by atoms with Crippen LogP contribution in [-0.4, -0.2) is 21.7 Å². The summed E-state index contributed by atoms with van der Waals surface area (Å²) in [5, 5.41) is 0.441. The van der Waals surface area contributed by atoms with Crippen molar-refractivity contribution >= 4 is 36.6 Å². The summed E-state index contributed by atoms with van der Waals surface area (Å²) >= 11 is 12.5. The van der Waals surface area contributed by atoms with E-state index in [-0.39, 0.29) is 21.4 Å². The summed E-state index contributed by atoms with van der Waals surface area (Å²) in [6.07, 6.45) is 1.02. The Morgan fingerprint density at radius 1 is 1.12 bits per heavy atom. The van der Waals surface area contributed by atoms with Crippen LogP contribution in [0, 0.1) is 5.82 Å². The normalized spacial score (nSPS) is 11.6. The third kappa shape index (κ3) is 5.63. The molecule has 0 aliphatic carbocycles. The van der Waals surface area contributed by atoms with E-state index in [0.717, 1.165) is 17.5 Å². The quantitative estimate of drug-likeness (QED) is 0.488. The van der Waals surface area contributed by atoms with Gasteiger partial charge in [0, 0.05) is 22.0 Å². The summed E-state index contributed by atoms with van der Waals surface area (Å²) in [6, 6.07) is 7.24. The zero-order valence-electron chi connectivity index (χ0n) is 14.0. The molecule has 26 heavy (non-hydrogen) atoms. The highest BCUT2D eigenvalue weighted by atomic mass is 35.5. The smallest absolute Gasteiger partial charge is 0.324 e. The molecule has 2 rings (SSSR count). The monoisotopic (exact) mass is 418 g/mol. The lowest BCUT2D eigenvalue weighted by Crippen LogP contribution is -2.07. The topological polar surface area (TPSA) is 74.6 Å². The van der Waals surface area contributed by atoms with Crippen molar-refractivity contribution in [2.45, 2.75) is 26.2 Å². The van der Waals surface area contributed by atoms with Gasteiger partial charge >= 0.3 is 7.60 Å². The molecule has 0 fully saturated rings. The number of halogens is 3. The summed E-state index contributed by atoms with van der Waals surface area (Å²) in [4.78, 5) is 29.8. The van der Waals surface area contributed by atoms with Crippen molar-refractivity contribution in [2.75, 3.05) is 6.16 Å². The number of rotatable bonds is 7. The molecule has 0 aromatic heterocycles. The Bertz CT molecular complexity index is 856. The predicted molar refractivity (Wildman–Crippen MR) is 101 cm³/mol. The van der Waals surface area contributed by atoms with Crippen LogP contribution < -0.4 is 0 Å². The maximum absolute atomic E-state index is 13.5. The molecule has 2 aromatic carbocycles. The Kier molecular flexibility index (Phi) is 7.00. The highest BCUT2D eigenvalue weighted by Gasteiger charge is 2.22. The lowest BCUT2D eigenvalue weighted by atomic mass is 9.96. The molecule has 0 atom stereocenters. The Hall–Kier alpha value is -1.23. The molecule has 0 amide bonds. The van der Waals surface area contributed by atoms with E-state index in [9.17, 15) is 13.8 Å². The van der Waals surface area contributed by atoms with Crippen molar-refractivity contribution in [1.29, 1.82) is 0 Å². The maximum atomic E-state index is 13.5. The van der Waals surface area contributed by atoms with Crippen LogP contribution in [0.3, 0.4) is 0 Å².